The molecule has 2 saturated heterocycles. The van der Waals surface area contributed by atoms with E-state index in [0.29, 0.717) is 37.9 Å². The van der Waals surface area contributed by atoms with Gasteiger partial charge in [-0.15, -0.1) is 0 Å². The molecular weight excluding hydrogens is 460 g/mol. The second-order valence-electron chi connectivity index (χ2n) is 10.5. The molecule has 2 atom stereocenters. The number of hydrogen-bond acceptors (Lipinski definition) is 8. The van der Waals surface area contributed by atoms with Crippen LogP contribution < -0.4 is 14.4 Å². The minimum absolute atomic E-state index is 0.0212. The van der Waals surface area contributed by atoms with Crippen molar-refractivity contribution in [2.45, 2.75) is 58.3 Å². The number of nitrogens with zero attached hydrogens (tertiary/aromatic N) is 4. The van der Waals surface area contributed by atoms with E-state index in [9.17, 15) is 9.90 Å². The number of rotatable bonds is 10. The molecule has 0 radical (unpaired) electrons. The van der Waals surface area contributed by atoms with E-state index in [-0.39, 0.29) is 36.4 Å². The second kappa shape index (κ2) is 10.6. The summed E-state index contributed by atoms with van der Waals surface area (Å²) in [5.41, 5.74) is 1.08. The van der Waals surface area contributed by atoms with Gasteiger partial charge in [0.25, 0.3) is 0 Å². The van der Waals surface area contributed by atoms with Gasteiger partial charge in [-0.25, -0.2) is 9.97 Å². The van der Waals surface area contributed by atoms with Crippen LogP contribution in [0.25, 0.3) is 0 Å². The average molecular weight is 499 g/mol. The zero-order valence-corrected chi connectivity index (χ0v) is 21.9. The van der Waals surface area contributed by atoms with Gasteiger partial charge in [0, 0.05) is 31.4 Å². The third-order valence-electron chi connectivity index (χ3n) is 7.29. The minimum atomic E-state index is -1.24. The summed E-state index contributed by atoms with van der Waals surface area (Å²) in [4.78, 5) is 25.5. The van der Waals surface area contributed by atoms with Crippen LogP contribution in [-0.4, -0.2) is 77.7 Å². The fourth-order valence-corrected chi connectivity index (χ4v) is 4.97. The van der Waals surface area contributed by atoms with Gasteiger partial charge in [0.05, 0.1) is 33.2 Å². The Morgan fingerprint density at radius 2 is 1.92 bits per heavy atom. The predicted molar refractivity (Wildman–Crippen MR) is 136 cm³/mol. The summed E-state index contributed by atoms with van der Waals surface area (Å²) in [5.74, 6) is 1.10. The number of ether oxygens (including phenoxy) is 3. The summed E-state index contributed by atoms with van der Waals surface area (Å²) in [6.07, 6.45) is 4.69. The fraction of sp³-hybridized carbons (Fsp3) is 0.593. The Bertz CT molecular complexity index is 1040. The van der Waals surface area contributed by atoms with Gasteiger partial charge in [0.1, 0.15) is 6.10 Å². The van der Waals surface area contributed by atoms with Crippen molar-refractivity contribution in [3.63, 3.8) is 0 Å². The molecule has 0 bridgehead atoms. The topological polar surface area (TPSA) is 97.2 Å². The first kappa shape index (κ1) is 26.2. The van der Waals surface area contributed by atoms with Crippen LogP contribution in [0.15, 0.2) is 36.7 Å². The van der Waals surface area contributed by atoms with E-state index in [2.05, 4.69) is 40.8 Å². The largest absolute Gasteiger partial charge is 0.493 e. The highest BCUT2D eigenvalue weighted by Crippen LogP contribution is 2.47. The van der Waals surface area contributed by atoms with Gasteiger partial charge in [-0.3, -0.25) is 4.79 Å². The van der Waals surface area contributed by atoms with Crippen LogP contribution in [0.2, 0.25) is 0 Å². The molecule has 196 valence electrons. The smallest absolute Gasteiger partial charge is 0.225 e. The highest BCUT2D eigenvalue weighted by Gasteiger charge is 2.44. The van der Waals surface area contributed by atoms with Gasteiger partial charge >= 0.3 is 0 Å². The lowest BCUT2D eigenvalue weighted by atomic mass is 9.74. The van der Waals surface area contributed by atoms with Crippen molar-refractivity contribution < 1.29 is 24.1 Å². The summed E-state index contributed by atoms with van der Waals surface area (Å²) in [6, 6.07) is 7.92. The molecule has 4 rings (SSSR count). The maximum absolute atomic E-state index is 12.9. The van der Waals surface area contributed by atoms with Crippen molar-refractivity contribution in [2.75, 3.05) is 44.8 Å². The maximum atomic E-state index is 12.9. The molecule has 2 unspecified atom stereocenters. The highest BCUT2D eigenvalue weighted by atomic mass is 16.6. The quantitative estimate of drug-likeness (QED) is 0.499. The Hall–Kier alpha value is -2.91. The number of amides is 1. The molecule has 1 N–H and O–H groups in total. The fourth-order valence-electron chi connectivity index (χ4n) is 4.97. The highest BCUT2D eigenvalue weighted by molar-refractivity contribution is 5.77. The van der Waals surface area contributed by atoms with Gasteiger partial charge < -0.3 is 29.1 Å². The number of likely N-dealkylation sites (tertiary alicyclic amines) is 1. The second-order valence-corrected chi connectivity index (χ2v) is 10.5. The number of hydrogen-bond donors (Lipinski definition) is 1. The van der Waals surface area contributed by atoms with Crippen LogP contribution in [0, 0.1) is 5.41 Å². The zero-order chi connectivity index (χ0) is 25.9. The molecule has 0 spiro atoms. The van der Waals surface area contributed by atoms with Gasteiger partial charge in [0.2, 0.25) is 11.9 Å². The Morgan fingerprint density at radius 1 is 1.19 bits per heavy atom. The summed E-state index contributed by atoms with van der Waals surface area (Å²) < 4.78 is 17.3. The molecule has 36 heavy (non-hydrogen) atoms. The van der Waals surface area contributed by atoms with E-state index in [1.165, 1.54) is 0 Å². The van der Waals surface area contributed by atoms with E-state index in [1.807, 2.05) is 11.0 Å². The van der Waals surface area contributed by atoms with E-state index in [4.69, 9.17) is 14.2 Å². The average Bonchev–Trinajstić information content (AvgIpc) is 3.19. The molecule has 1 aromatic heterocycles. The SMILES string of the molecule is CCC1(C)CN(C(=O)CCOC(C)(C)O)CC1c1ccc(OC)c(OC2CN(c3ncccn3)C2)c1. The Kier molecular flexibility index (Phi) is 7.70. The standard InChI is InChI=1S/C27H38N4O5/c1-6-27(4)18-31(24(32)10-13-35-26(2,3)33)17-21(27)19-8-9-22(34-5)23(14-19)36-20-15-30(16-20)25-28-11-7-12-29-25/h7-9,11-12,14,20-21,33H,6,10,13,15-18H2,1-5H3. The van der Waals surface area contributed by atoms with Gasteiger partial charge in [0.15, 0.2) is 17.3 Å². The molecule has 0 aliphatic carbocycles. The van der Waals surface area contributed by atoms with E-state index in [0.717, 1.165) is 17.7 Å². The normalized spacial score (nSPS) is 22.4. The molecule has 2 aliphatic rings. The van der Waals surface area contributed by atoms with Crippen molar-refractivity contribution in [3.8, 4) is 11.5 Å². The number of methoxy groups -OCH3 is 1. The van der Waals surface area contributed by atoms with Crippen molar-refractivity contribution in [3.05, 3.63) is 42.2 Å². The number of aliphatic hydroxyl groups is 1. The molecule has 1 aromatic carbocycles. The van der Waals surface area contributed by atoms with E-state index < -0.39 is 5.79 Å². The van der Waals surface area contributed by atoms with Crippen molar-refractivity contribution in [2.24, 2.45) is 5.41 Å². The number of aromatic nitrogens is 2. The predicted octanol–water partition coefficient (Wildman–Crippen LogP) is 3.23. The molecule has 9 nitrogen and oxygen atoms in total. The van der Waals surface area contributed by atoms with Crippen LogP contribution in [0.5, 0.6) is 11.5 Å². The zero-order valence-electron chi connectivity index (χ0n) is 21.9. The first-order valence-electron chi connectivity index (χ1n) is 12.6. The number of benzene rings is 1. The number of carbonyl (C=O) groups excluding carboxylic acids is 1. The number of anilines is 1. The third kappa shape index (κ3) is 5.90. The minimum Gasteiger partial charge on any atom is -0.493 e. The Labute approximate surface area is 213 Å². The van der Waals surface area contributed by atoms with Gasteiger partial charge in [-0.05, 0) is 49.4 Å². The van der Waals surface area contributed by atoms with Crippen LogP contribution in [0.1, 0.15) is 52.0 Å². The first-order valence-corrected chi connectivity index (χ1v) is 12.6. The molecule has 2 aliphatic heterocycles. The Morgan fingerprint density at radius 3 is 2.56 bits per heavy atom. The summed E-state index contributed by atoms with van der Waals surface area (Å²) in [6.45, 7) is 10.5. The van der Waals surface area contributed by atoms with Crippen molar-refractivity contribution in [1.82, 2.24) is 14.9 Å². The maximum Gasteiger partial charge on any atom is 0.225 e. The lowest BCUT2D eigenvalue weighted by Crippen LogP contribution is -2.54. The van der Waals surface area contributed by atoms with Crippen molar-refractivity contribution in [1.29, 1.82) is 0 Å². The van der Waals surface area contributed by atoms with Gasteiger partial charge in [-0.2, -0.15) is 0 Å². The summed E-state index contributed by atoms with van der Waals surface area (Å²) in [7, 11) is 1.65. The monoisotopic (exact) mass is 498 g/mol. The molecule has 9 heteroatoms. The first-order chi connectivity index (χ1) is 17.1. The molecule has 2 aromatic rings. The van der Waals surface area contributed by atoms with Gasteiger partial charge in [-0.1, -0.05) is 19.9 Å². The van der Waals surface area contributed by atoms with Crippen molar-refractivity contribution >= 4 is 11.9 Å². The molecule has 1 amide bonds. The molecule has 3 heterocycles. The Balaban J connectivity index is 1.44. The molecule has 0 saturated carbocycles. The van der Waals surface area contributed by atoms with Crippen LogP contribution >= 0.6 is 0 Å². The van der Waals surface area contributed by atoms with Crippen LogP contribution in [0.4, 0.5) is 5.95 Å². The van der Waals surface area contributed by atoms with Crippen LogP contribution in [-0.2, 0) is 9.53 Å². The lowest BCUT2D eigenvalue weighted by molar-refractivity contribution is -0.178. The molecule has 2 fully saturated rings. The summed E-state index contributed by atoms with van der Waals surface area (Å²) in [5, 5.41) is 9.76. The lowest BCUT2D eigenvalue weighted by Gasteiger charge is -2.39. The summed E-state index contributed by atoms with van der Waals surface area (Å²) >= 11 is 0. The van der Waals surface area contributed by atoms with E-state index >= 15 is 0 Å². The number of carbonyl (C=O) groups is 1. The van der Waals surface area contributed by atoms with E-state index in [1.54, 1.807) is 39.4 Å². The molecular formula is C27H38N4O5. The van der Waals surface area contributed by atoms with Crippen LogP contribution in [0.3, 0.4) is 0 Å². The third-order valence-corrected chi connectivity index (χ3v) is 7.29.